The predicted molar refractivity (Wildman–Crippen MR) is 58.3 cm³/mol. The Morgan fingerprint density at radius 2 is 2.35 bits per heavy atom. The lowest BCUT2D eigenvalue weighted by Crippen LogP contribution is -2.06. The van der Waals surface area contributed by atoms with E-state index < -0.39 is 5.97 Å². The molecule has 90 valence electrons. The fourth-order valence-electron chi connectivity index (χ4n) is 1.46. The lowest BCUT2D eigenvalue weighted by Gasteiger charge is -2.00. The van der Waals surface area contributed by atoms with Crippen molar-refractivity contribution in [2.75, 3.05) is 7.11 Å². The van der Waals surface area contributed by atoms with Gasteiger partial charge in [-0.05, 0) is 0 Å². The van der Waals surface area contributed by atoms with E-state index >= 15 is 0 Å². The first-order valence-corrected chi connectivity index (χ1v) is 5.15. The van der Waals surface area contributed by atoms with Gasteiger partial charge in [-0.2, -0.15) is 0 Å². The minimum atomic E-state index is -0.478. The van der Waals surface area contributed by atoms with Gasteiger partial charge in [0, 0.05) is 32.4 Å². The highest BCUT2D eigenvalue weighted by Gasteiger charge is 2.10. The minimum Gasteiger partial charge on any atom is -0.464 e. The highest BCUT2D eigenvalue weighted by atomic mass is 16.5. The van der Waals surface area contributed by atoms with Gasteiger partial charge in [0.05, 0.1) is 13.3 Å². The van der Waals surface area contributed by atoms with Gasteiger partial charge >= 0.3 is 5.97 Å². The van der Waals surface area contributed by atoms with Gasteiger partial charge in [0.25, 0.3) is 0 Å². The number of hydrogen-bond donors (Lipinski definition) is 0. The van der Waals surface area contributed by atoms with Crippen LogP contribution >= 0.6 is 0 Å². The molecule has 0 unspecified atom stereocenters. The topological polar surface area (TPSA) is 74.8 Å². The van der Waals surface area contributed by atoms with Crippen LogP contribution in [0.4, 0.5) is 0 Å². The Hall–Kier alpha value is -2.18. The second kappa shape index (κ2) is 4.77. The molecule has 0 amide bonds. The molecule has 2 heterocycles. The Morgan fingerprint density at radius 1 is 1.53 bits per heavy atom. The molecule has 0 N–H and O–H groups in total. The summed E-state index contributed by atoms with van der Waals surface area (Å²) in [5.74, 6) is 0.480. The summed E-state index contributed by atoms with van der Waals surface area (Å²) >= 11 is 0. The maximum Gasteiger partial charge on any atom is 0.360 e. The van der Waals surface area contributed by atoms with Gasteiger partial charge < -0.3 is 9.30 Å². The highest BCUT2D eigenvalue weighted by Crippen LogP contribution is 2.00. The predicted octanol–water partition coefficient (Wildman–Crippen LogP) is 0.0409. The summed E-state index contributed by atoms with van der Waals surface area (Å²) in [4.78, 5) is 15.4. The Balaban J connectivity index is 1.98. The number of nitrogens with zero attached hydrogens (tertiary/aromatic N) is 5. The third kappa shape index (κ3) is 2.49. The molecule has 0 radical (unpaired) electrons. The number of carbonyl (C=O) groups is 1. The zero-order valence-electron chi connectivity index (χ0n) is 9.70. The molecule has 0 atom stereocenters. The number of hydrogen-bond acceptors (Lipinski definition) is 5. The molecular formula is C10H13N5O2. The Kier molecular flexibility index (Phi) is 3.17. The van der Waals surface area contributed by atoms with Crippen LogP contribution in [-0.2, 0) is 24.8 Å². The fourth-order valence-corrected chi connectivity index (χ4v) is 1.46. The Bertz CT molecular complexity index is 516. The lowest BCUT2D eigenvalue weighted by molar-refractivity contribution is 0.0594. The summed E-state index contributed by atoms with van der Waals surface area (Å²) in [7, 11) is 3.25. The summed E-state index contributed by atoms with van der Waals surface area (Å²) in [5.41, 5.74) is 0.215. The van der Waals surface area contributed by atoms with Crippen molar-refractivity contribution >= 4 is 5.97 Å². The SMILES string of the molecule is COC(=O)c1cn(CCc2nccn2C)nn1. The average Bonchev–Trinajstić information content (AvgIpc) is 2.94. The van der Waals surface area contributed by atoms with Crippen molar-refractivity contribution in [3.05, 3.63) is 30.1 Å². The van der Waals surface area contributed by atoms with Crippen LogP contribution in [0, 0.1) is 0 Å². The first kappa shape index (κ1) is 11.3. The van der Waals surface area contributed by atoms with Crippen LogP contribution < -0.4 is 0 Å². The van der Waals surface area contributed by atoms with E-state index in [0.717, 1.165) is 12.2 Å². The van der Waals surface area contributed by atoms with E-state index in [1.54, 1.807) is 17.1 Å². The van der Waals surface area contributed by atoms with Crippen molar-refractivity contribution in [2.24, 2.45) is 7.05 Å². The van der Waals surface area contributed by atoms with Crippen molar-refractivity contribution in [1.82, 2.24) is 24.5 Å². The summed E-state index contributed by atoms with van der Waals surface area (Å²) in [6.45, 7) is 0.620. The number of carbonyl (C=O) groups excluding carboxylic acids is 1. The second-order valence-electron chi connectivity index (χ2n) is 3.56. The third-order valence-electron chi connectivity index (χ3n) is 2.42. The second-order valence-corrected chi connectivity index (χ2v) is 3.56. The molecule has 0 saturated carbocycles. The molecule has 0 saturated heterocycles. The van der Waals surface area contributed by atoms with Gasteiger partial charge in [-0.1, -0.05) is 5.21 Å². The van der Waals surface area contributed by atoms with Crippen molar-refractivity contribution in [2.45, 2.75) is 13.0 Å². The Morgan fingerprint density at radius 3 is 3.00 bits per heavy atom. The number of esters is 1. The van der Waals surface area contributed by atoms with Gasteiger partial charge in [-0.3, -0.25) is 4.68 Å². The van der Waals surface area contributed by atoms with Crippen molar-refractivity contribution in [3.8, 4) is 0 Å². The fraction of sp³-hybridized carbons (Fsp3) is 0.400. The lowest BCUT2D eigenvalue weighted by atomic mass is 10.4. The van der Waals surface area contributed by atoms with E-state index in [2.05, 4.69) is 20.0 Å². The standard InChI is InChI=1S/C10H13N5O2/c1-14-6-4-11-9(14)3-5-15-7-8(12-13-15)10(16)17-2/h4,6-7H,3,5H2,1-2H3. The van der Waals surface area contributed by atoms with Crippen LogP contribution in [0.2, 0.25) is 0 Å². The van der Waals surface area contributed by atoms with E-state index in [1.807, 2.05) is 17.8 Å². The van der Waals surface area contributed by atoms with Crippen LogP contribution in [0.1, 0.15) is 16.3 Å². The molecular weight excluding hydrogens is 222 g/mol. The normalized spacial score (nSPS) is 10.5. The van der Waals surface area contributed by atoms with Crippen molar-refractivity contribution in [3.63, 3.8) is 0 Å². The third-order valence-corrected chi connectivity index (χ3v) is 2.42. The monoisotopic (exact) mass is 235 g/mol. The largest absolute Gasteiger partial charge is 0.464 e. The molecule has 0 bridgehead atoms. The number of imidazole rings is 1. The van der Waals surface area contributed by atoms with E-state index in [0.29, 0.717) is 6.54 Å². The maximum absolute atomic E-state index is 11.2. The minimum absolute atomic E-state index is 0.215. The van der Waals surface area contributed by atoms with E-state index in [4.69, 9.17) is 0 Å². The van der Waals surface area contributed by atoms with Crippen LogP contribution in [0.3, 0.4) is 0 Å². The molecule has 2 aromatic heterocycles. The zero-order valence-corrected chi connectivity index (χ0v) is 9.70. The van der Waals surface area contributed by atoms with Gasteiger partial charge in [0.15, 0.2) is 5.69 Å². The van der Waals surface area contributed by atoms with Crippen LogP contribution in [0.25, 0.3) is 0 Å². The molecule has 0 fully saturated rings. The smallest absolute Gasteiger partial charge is 0.360 e. The first-order valence-electron chi connectivity index (χ1n) is 5.15. The van der Waals surface area contributed by atoms with E-state index in [1.165, 1.54) is 7.11 Å². The molecule has 0 spiro atoms. The van der Waals surface area contributed by atoms with Crippen LogP contribution in [-0.4, -0.2) is 37.6 Å². The summed E-state index contributed by atoms with van der Waals surface area (Å²) in [5, 5.41) is 7.56. The summed E-state index contributed by atoms with van der Waals surface area (Å²) < 4.78 is 8.09. The Labute approximate surface area is 98.0 Å². The molecule has 17 heavy (non-hydrogen) atoms. The number of aromatic nitrogens is 5. The zero-order chi connectivity index (χ0) is 12.3. The molecule has 2 aromatic rings. The molecule has 7 nitrogen and oxygen atoms in total. The molecule has 0 aliphatic heterocycles. The molecule has 0 aliphatic rings. The van der Waals surface area contributed by atoms with Gasteiger partial charge in [0.2, 0.25) is 0 Å². The van der Waals surface area contributed by atoms with Crippen LogP contribution in [0.5, 0.6) is 0 Å². The first-order chi connectivity index (χ1) is 8.20. The number of rotatable bonds is 4. The van der Waals surface area contributed by atoms with Crippen molar-refractivity contribution in [1.29, 1.82) is 0 Å². The van der Waals surface area contributed by atoms with Crippen molar-refractivity contribution < 1.29 is 9.53 Å². The van der Waals surface area contributed by atoms with Crippen LogP contribution in [0.15, 0.2) is 18.6 Å². The van der Waals surface area contributed by atoms with Gasteiger partial charge in [0.1, 0.15) is 5.82 Å². The molecule has 7 heteroatoms. The molecule has 0 aliphatic carbocycles. The summed E-state index contributed by atoms with van der Waals surface area (Å²) in [6, 6.07) is 0. The number of aryl methyl sites for hydroxylation is 3. The number of methoxy groups -OCH3 is 1. The summed E-state index contributed by atoms with van der Waals surface area (Å²) in [6.07, 6.45) is 5.93. The maximum atomic E-state index is 11.2. The van der Waals surface area contributed by atoms with E-state index in [-0.39, 0.29) is 5.69 Å². The average molecular weight is 235 g/mol. The molecule has 0 aromatic carbocycles. The highest BCUT2D eigenvalue weighted by molar-refractivity contribution is 5.86. The quantitative estimate of drug-likeness (QED) is 0.699. The van der Waals surface area contributed by atoms with E-state index in [9.17, 15) is 4.79 Å². The number of ether oxygens (including phenoxy) is 1. The van der Waals surface area contributed by atoms with Gasteiger partial charge in [-0.25, -0.2) is 9.78 Å². The molecule has 2 rings (SSSR count). The van der Waals surface area contributed by atoms with Gasteiger partial charge in [-0.15, -0.1) is 5.10 Å².